The number of alkyl halides is 9. The zero-order valence-corrected chi connectivity index (χ0v) is 20.4. The molecule has 0 saturated carbocycles. The molecule has 0 heterocycles. The molecule has 0 aliphatic heterocycles. The van der Waals surface area contributed by atoms with Crippen molar-refractivity contribution >= 4 is 0 Å². The van der Waals surface area contributed by atoms with Gasteiger partial charge in [-0.2, -0.15) is 39.5 Å². The van der Waals surface area contributed by atoms with E-state index in [1.807, 2.05) is 0 Å². The van der Waals surface area contributed by atoms with E-state index in [1.165, 1.54) is 24.3 Å². The minimum atomic E-state index is -6.91. The van der Waals surface area contributed by atoms with Crippen LogP contribution in [0, 0.1) is 0 Å². The number of aliphatic hydroxyl groups is 1. The van der Waals surface area contributed by atoms with Gasteiger partial charge in [0, 0.05) is 6.61 Å². The molecule has 0 atom stereocenters. The van der Waals surface area contributed by atoms with Gasteiger partial charge in [-0.1, -0.05) is 49.9 Å². The molecule has 38 heavy (non-hydrogen) atoms. The summed E-state index contributed by atoms with van der Waals surface area (Å²) in [5, 5.41) is 8.74. The van der Waals surface area contributed by atoms with Gasteiger partial charge in [0.2, 0.25) is 0 Å². The van der Waals surface area contributed by atoms with Crippen molar-refractivity contribution in [2.75, 3.05) is 19.8 Å². The molecular weight excluding hydrogens is 531 g/mol. The van der Waals surface area contributed by atoms with Crippen molar-refractivity contribution in [1.29, 1.82) is 0 Å². The molecule has 12 heteroatoms. The van der Waals surface area contributed by atoms with Crippen molar-refractivity contribution in [3.8, 4) is 22.6 Å². The molecule has 0 unspecified atom stereocenters. The van der Waals surface area contributed by atoms with Gasteiger partial charge in [-0.3, -0.25) is 0 Å². The molecule has 1 N–H and O–H groups in total. The first-order valence-corrected chi connectivity index (χ1v) is 12.0. The maximum Gasteiger partial charge on any atom is 0.460 e. The number of ether oxygens (including phenoxy) is 2. The van der Waals surface area contributed by atoms with Gasteiger partial charge in [0.05, 0.1) is 19.6 Å². The van der Waals surface area contributed by atoms with Crippen LogP contribution in [0.25, 0.3) is 11.1 Å². The number of halogens is 9. The van der Waals surface area contributed by atoms with Gasteiger partial charge in [-0.25, -0.2) is 0 Å². The number of hydrogen-bond acceptors (Lipinski definition) is 3. The van der Waals surface area contributed by atoms with Gasteiger partial charge < -0.3 is 14.6 Å². The summed E-state index contributed by atoms with van der Waals surface area (Å²) in [5.74, 6) is -18.6. The van der Waals surface area contributed by atoms with Gasteiger partial charge >= 0.3 is 23.9 Å². The third-order valence-corrected chi connectivity index (χ3v) is 5.76. The van der Waals surface area contributed by atoms with Crippen LogP contribution in [-0.4, -0.2) is 48.9 Å². The minimum Gasteiger partial charge on any atom is -0.494 e. The Balaban J connectivity index is 1.83. The third kappa shape index (κ3) is 8.18. The van der Waals surface area contributed by atoms with Crippen molar-refractivity contribution < 1.29 is 54.1 Å². The Morgan fingerprint density at radius 3 is 1.39 bits per heavy atom. The topological polar surface area (TPSA) is 38.7 Å². The van der Waals surface area contributed by atoms with Gasteiger partial charge in [-0.05, 0) is 48.2 Å². The van der Waals surface area contributed by atoms with Crippen LogP contribution < -0.4 is 9.47 Å². The van der Waals surface area contributed by atoms with Crippen molar-refractivity contribution in [3.05, 3.63) is 48.5 Å². The molecule has 3 nitrogen and oxygen atoms in total. The zero-order chi connectivity index (χ0) is 28.5. The normalized spacial score (nSPS) is 13.0. The summed E-state index contributed by atoms with van der Waals surface area (Å²) in [6, 6.07) is 12.8. The lowest BCUT2D eigenvalue weighted by Gasteiger charge is -2.33. The second kappa shape index (κ2) is 13.4. The highest BCUT2D eigenvalue weighted by molar-refractivity contribution is 5.64. The summed E-state index contributed by atoms with van der Waals surface area (Å²) >= 11 is 0. The average molecular weight is 560 g/mol. The predicted octanol–water partition coefficient (Wildman–Crippen LogP) is 8.30. The molecule has 0 amide bonds. The summed E-state index contributed by atoms with van der Waals surface area (Å²) in [6.45, 7) is -0.445. The Kier molecular flexibility index (Phi) is 11.2. The molecule has 0 bridgehead atoms. The van der Waals surface area contributed by atoms with E-state index in [0.29, 0.717) is 17.9 Å². The van der Waals surface area contributed by atoms with E-state index in [0.717, 1.165) is 44.1 Å². The van der Waals surface area contributed by atoms with Crippen molar-refractivity contribution in [1.82, 2.24) is 0 Å². The van der Waals surface area contributed by atoms with Crippen LogP contribution >= 0.6 is 0 Å². The Labute approximate surface area is 214 Å². The fraction of sp³-hybridized carbons (Fsp3) is 0.538. The Bertz CT molecular complexity index is 959. The molecule has 0 aromatic heterocycles. The highest BCUT2D eigenvalue weighted by Gasteiger charge is 2.81. The first-order valence-electron chi connectivity index (χ1n) is 12.0. The molecule has 2 aromatic rings. The predicted molar refractivity (Wildman–Crippen MR) is 123 cm³/mol. The molecule has 2 aromatic carbocycles. The van der Waals surface area contributed by atoms with Crippen LogP contribution in [0.2, 0.25) is 0 Å². The van der Waals surface area contributed by atoms with Crippen LogP contribution in [0.1, 0.15) is 44.9 Å². The summed E-state index contributed by atoms with van der Waals surface area (Å²) < 4.78 is 127. The molecule has 0 aliphatic carbocycles. The fourth-order valence-corrected chi connectivity index (χ4v) is 3.46. The lowest BCUT2D eigenvalue weighted by atomic mass is 10.0. The van der Waals surface area contributed by atoms with E-state index in [9.17, 15) is 39.5 Å². The number of benzene rings is 2. The second-order valence-corrected chi connectivity index (χ2v) is 8.69. The smallest absolute Gasteiger partial charge is 0.460 e. The molecule has 214 valence electrons. The SMILES string of the molecule is OCCCCCCCCOc1ccc(-c2ccc(OCCC(F)(F)C(F)(F)C(F)(F)C(F)(F)F)cc2)cc1. The fourth-order valence-electron chi connectivity index (χ4n) is 3.46. The van der Waals surface area contributed by atoms with Crippen LogP contribution in [0.4, 0.5) is 39.5 Å². The van der Waals surface area contributed by atoms with E-state index >= 15 is 0 Å². The molecule has 2 rings (SSSR count). The monoisotopic (exact) mass is 560 g/mol. The Hall–Kier alpha value is -2.63. The molecule has 0 saturated heterocycles. The van der Waals surface area contributed by atoms with E-state index in [1.54, 1.807) is 24.3 Å². The van der Waals surface area contributed by atoms with Gasteiger partial charge in [0.25, 0.3) is 0 Å². The molecule has 0 radical (unpaired) electrons. The van der Waals surface area contributed by atoms with Crippen molar-refractivity contribution in [3.63, 3.8) is 0 Å². The lowest BCUT2D eigenvalue weighted by Crippen LogP contribution is -2.61. The summed E-state index contributed by atoms with van der Waals surface area (Å²) in [6.07, 6.45) is -3.01. The minimum absolute atomic E-state index is 0.0632. The molecule has 0 fully saturated rings. The van der Waals surface area contributed by atoms with Crippen molar-refractivity contribution in [2.45, 2.75) is 68.9 Å². The number of rotatable bonds is 16. The lowest BCUT2D eigenvalue weighted by molar-refractivity contribution is -0.397. The van der Waals surface area contributed by atoms with Gasteiger partial charge in [0.1, 0.15) is 11.5 Å². The van der Waals surface area contributed by atoms with E-state index in [4.69, 9.17) is 14.6 Å². The highest BCUT2D eigenvalue weighted by atomic mass is 19.4. The number of unbranched alkanes of at least 4 members (excludes halogenated alkanes) is 5. The van der Waals surface area contributed by atoms with Gasteiger partial charge in [-0.15, -0.1) is 0 Å². The molecule has 0 spiro atoms. The Morgan fingerprint density at radius 2 is 0.947 bits per heavy atom. The number of aliphatic hydroxyl groups excluding tert-OH is 1. The second-order valence-electron chi connectivity index (χ2n) is 8.69. The summed E-state index contributed by atoms with van der Waals surface area (Å²) in [4.78, 5) is 0. The molecule has 0 aliphatic rings. The van der Waals surface area contributed by atoms with E-state index in [2.05, 4.69) is 0 Å². The average Bonchev–Trinajstić information content (AvgIpc) is 2.85. The van der Waals surface area contributed by atoms with Crippen LogP contribution in [0.3, 0.4) is 0 Å². The first kappa shape index (κ1) is 31.6. The molecular formula is C26H29F9O3. The Morgan fingerprint density at radius 1 is 0.526 bits per heavy atom. The first-order chi connectivity index (χ1) is 17.7. The maximum absolute atomic E-state index is 13.6. The highest BCUT2D eigenvalue weighted by Crippen LogP contribution is 2.54. The summed E-state index contributed by atoms with van der Waals surface area (Å²) in [5.41, 5.74) is 1.46. The quantitative estimate of drug-likeness (QED) is 0.166. The standard InChI is InChI=1S/C26H29F9O3/c27-23(28,24(29,30)25(31,32)26(33,34)35)15-18-38-22-13-9-20(10-14-22)19-7-11-21(12-8-19)37-17-6-4-2-1-3-5-16-36/h7-14,36H,1-6,15-18H2. The van der Waals surface area contributed by atoms with Crippen molar-refractivity contribution in [2.24, 2.45) is 0 Å². The largest absolute Gasteiger partial charge is 0.494 e. The maximum atomic E-state index is 13.6. The van der Waals surface area contributed by atoms with Gasteiger partial charge in [0.15, 0.2) is 0 Å². The van der Waals surface area contributed by atoms with Crippen LogP contribution in [0.5, 0.6) is 11.5 Å². The summed E-state index contributed by atoms with van der Waals surface area (Å²) in [7, 11) is 0. The van der Waals surface area contributed by atoms with E-state index in [-0.39, 0.29) is 12.4 Å². The number of hydrogen-bond donors (Lipinski definition) is 1. The van der Waals surface area contributed by atoms with Crippen LogP contribution in [-0.2, 0) is 0 Å². The zero-order valence-electron chi connectivity index (χ0n) is 20.4. The van der Waals surface area contributed by atoms with E-state index < -0.39 is 37.0 Å². The third-order valence-electron chi connectivity index (χ3n) is 5.76. The van der Waals surface area contributed by atoms with Crippen LogP contribution in [0.15, 0.2) is 48.5 Å².